The number of anilines is 1. The molecule has 1 amide bonds. The lowest BCUT2D eigenvalue weighted by Crippen LogP contribution is -2.16. The predicted molar refractivity (Wildman–Crippen MR) is 91.4 cm³/mol. The van der Waals surface area contributed by atoms with E-state index in [0.717, 1.165) is 23.8 Å². The van der Waals surface area contributed by atoms with Gasteiger partial charge in [-0.25, -0.2) is 4.98 Å². The topological polar surface area (TPSA) is 72.7 Å². The monoisotopic (exact) mass is 371 g/mol. The largest absolute Gasteiger partial charge is 0.309 e. The third-order valence-electron chi connectivity index (χ3n) is 3.44. The Balaban J connectivity index is 1.63. The summed E-state index contributed by atoms with van der Waals surface area (Å²) in [6, 6.07) is 2.05. The number of aryl methyl sites for hydroxylation is 2. The van der Waals surface area contributed by atoms with E-state index >= 15 is 0 Å². The van der Waals surface area contributed by atoms with Gasteiger partial charge >= 0.3 is 0 Å². The van der Waals surface area contributed by atoms with Crippen LogP contribution in [0.15, 0.2) is 11.2 Å². The summed E-state index contributed by atoms with van der Waals surface area (Å²) in [5.74, 6) is 1.21. The molecule has 1 fully saturated rings. The fourth-order valence-corrected chi connectivity index (χ4v) is 3.40. The van der Waals surface area contributed by atoms with Gasteiger partial charge in [-0.3, -0.25) is 4.79 Å². The third-order valence-corrected chi connectivity index (χ3v) is 5.06. The molecule has 0 aliphatic heterocycles. The minimum Gasteiger partial charge on any atom is -0.309 e. The van der Waals surface area contributed by atoms with Crippen LogP contribution in [0.1, 0.15) is 30.4 Å². The molecule has 1 saturated carbocycles. The standard InChI is InChI=1S/C14H15Cl2N5OS/c1-7-10(15)5-11(16)13(17-7)18-12(22)6-23-14-20-19-8(2)21(14)9-3-4-9/h5,9H,3-4,6H2,1-2H3,(H,17,18,22). The molecule has 0 spiro atoms. The Kier molecular flexibility index (Phi) is 4.79. The van der Waals surface area contributed by atoms with Crippen LogP contribution in [0.2, 0.25) is 10.0 Å². The first-order chi connectivity index (χ1) is 11.0. The minimum atomic E-state index is -0.200. The maximum Gasteiger partial charge on any atom is 0.236 e. The lowest BCUT2D eigenvalue weighted by Gasteiger charge is -2.09. The normalized spacial score (nSPS) is 14.1. The van der Waals surface area contributed by atoms with Gasteiger partial charge in [0, 0.05) is 6.04 Å². The van der Waals surface area contributed by atoms with E-state index in [1.807, 2.05) is 6.92 Å². The van der Waals surface area contributed by atoms with Crippen LogP contribution in [0, 0.1) is 13.8 Å². The molecule has 2 heterocycles. The maximum absolute atomic E-state index is 12.1. The van der Waals surface area contributed by atoms with Crippen LogP contribution >= 0.6 is 35.0 Å². The molecule has 3 rings (SSSR count). The smallest absolute Gasteiger partial charge is 0.236 e. The Labute approximate surface area is 148 Å². The number of carbonyl (C=O) groups is 1. The highest BCUT2D eigenvalue weighted by Crippen LogP contribution is 2.38. The first-order valence-corrected chi connectivity index (χ1v) is 8.86. The Hall–Kier alpha value is -1.31. The molecule has 0 atom stereocenters. The van der Waals surface area contributed by atoms with E-state index in [1.54, 1.807) is 13.0 Å². The van der Waals surface area contributed by atoms with Crippen LogP contribution in [0.4, 0.5) is 5.82 Å². The van der Waals surface area contributed by atoms with Gasteiger partial charge in [-0.1, -0.05) is 35.0 Å². The van der Waals surface area contributed by atoms with Crippen LogP contribution < -0.4 is 5.32 Å². The lowest BCUT2D eigenvalue weighted by molar-refractivity contribution is -0.113. The van der Waals surface area contributed by atoms with Gasteiger partial charge in [0.1, 0.15) is 5.82 Å². The summed E-state index contributed by atoms with van der Waals surface area (Å²) < 4.78 is 2.09. The molecule has 1 N–H and O–H groups in total. The fraction of sp³-hybridized carbons (Fsp3) is 0.429. The van der Waals surface area contributed by atoms with Crippen molar-refractivity contribution in [1.82, 2.24) is 19.7 Å². The molecule has 9 heteroatoms. The summed E-state index contributed by atoms with van der Waals surface area (Å²) in [5, 5.41) is 12.5. The number of hydrogen-bond acceptors (Lipinski definition) is 5. The van der Waals surface area contributed by atoms with Crippen molar-refractivity contribution < 1.29 is 4.79 Å². The van der Waals surface area contributed by atoms with Gasteiger partial charge in [0.25, 0.3) is 0 Å². The van der Waals surface area contributed by atoms with Crippen LogP contribution in [0.3, 0.4) is 0 Å². The highest BCUT2D eigenvalue weighted by Gasteiger charge is 2.28. The van der Waals surface area contributed by atoms with Crippen LogP contribution in [0.5, 0.6) is 0 Å². The van der Waals surface area contributed by atoms with Crippen molar-refractivity contribution in [3.63, 3.8) is 0 Å². The number of thioether (sulfide) groups is 1. The molecule has 0 unspecified atom stereocenters. The Morgan fingerprint density at radius 3 is 2.78 bits per heavy atom. The van der Waals surface area contributed by atoms with E-state index < -0.39 is 0 Å². The van der Waals surface area contributed by atoms with Gasteiger partial charge in [-0.05, 0) is 32.8 Å². The molecule has 1 aliphatic rings. The van der Waals surface area contributed by atoms with Gasteiger partial charge in [0.15, 0.2) is 11.0 Å². The van der Waals surface area contributed by atoms with Gasteiger partial charge in [-0.2, -0.15) is 0 Å². The zero-order chi connectivity index (χ0) is 16.6. The summed E-state index contributed by atoms with van der Waals surface area (Å²) in [6.07, 6.45) is 2.28. The number of carbonyl (C=O) groups excluding carboxylic acids is 1. The fourth-order valence-electron chi connectivity index (χ4n) is 2.15. The average molecular weight is 372 g/mol. The summed E-state index contributed by atoms with van der Waals surface area (Å²) >= 11 is 13.3. The molecule has 6 nitrogen and oxygen atoms in total. The van der Waals surface area contributed by atoms with E-state index in [2.05, 4.69) is 25.1 Å². The molecule has 0 radical (unpaired) electrons. The van der Waals surface area contributed by atoms with Crippen LogP contribution in [-0.2, 0) is 4.79 Å². The van der Waals surface area contributed by atoms with Gasteiger partial charge in [0.2, 0.25) is 5.91 Å². The minimum absolute atomic E-state index is 0.200. The molecule has 0 bridgehead atoms. The van der Waals surface area contributed by atoms with Crippen molar-refractivity contribution >= 4 is 46.7 Å². The summed E-state index contributed by atoms with van der Waals surface area (Å²) in [7, 11) is 0. The van der Waals surface area contributed by atoms with Crippen molar-refractivity contribution in [1.29, 1.82) is 0 Å². The number of nitrogens with zero attached hydrogens (tertiary/aromatic N) is 4. The molecule has 2 aromatic heterocycles. The SMILES string of the molecule is Cc1nc(NC(=O)CSc2nnc(C)n2C2CC2)c(Cl)cc1Cl. The number of pyridine rings is 1. The molecule has 23 heavy (non-hydrogen) atoms. The van der Waals surface area contributed by atoms with E-state index in [9.17, 15) is 4.79 Å². The summed E-state index contributed by atoms with van der Waals surface area (Å²) in [6.45, 7) is 3.68. The zero-order valence-corrected chi connectivity index (χ0v) is 15.0. The van der Waals surface area contributed by atoms with Gasteiger partial charge < -0.3 is 9.88 Å². The van der Waals surface area contributed by atoms with Crippen molar-refractivity contribution in [3.8, 4) is 0 Å². The van der Waals surface area contributed by atoms with Crippen molar-refractivity contribution in [2.24, 2.45) is 0 Å². The first-order valence-electron chi connectivity index (χ1n) is 7.12. The quantitative estimate of drug-likeness (QED) is 0.811. The lowest BCUT2D eigenvalue weighted by atomic mass is 10.3. The zero-order valence-electron chi connectivity index (χ0n) is 12.6. The molecular weight excluding hydrogens is 357 g/mol. The van der Waals surface area contributed by atoms with Crippen molar-refractivity contribution in [2.45, 2.75) is 37.9 Å². The molecular formula is C14H15Cl2N5OS. The number of amides is 1. The van der Waals surface area contributed by atoms with Crippen molar-refractivity contribution in [3.05, 3.63) is 27.6 Å². The summed E-state index contributed by atoms with van der Waals surface area (Å²) in [5.41, 5.74) is 0.614. The number of aromatic nitrogens is 4. The summed E-state index contributed by atoms with van der Waals surface area (Å²) in [4.78, 5) is 16.3. The number of halogens is 2. The van der Waals surface area contributed by atoms with Crippen LogP contribution in [-0.4, -0.2) is 31.4 Å². The maximum atomic E-state index is 12.1. The molecule has 0 saturated heterocycles. The van der Waals surface area contributed by atoms with E-state index in [-0.39, 0.29) is 11.7 Å². The highest BCUT2D eigenvalue weighted by atomic mass is 35.5. The second-order valence-electron chi connectivity index (χ2n) is 5.35. The van der Waals surface area contributed by atoms with Gasteiger partial charge in [-0.15, -0.1) is 10.2 Å². The number of nitrogens with one attached hydrogen (secondary N) is 1. The second-order valence-corrected chi connectivity index (χ2v) is 7.11. The van der Waals surface area contributed by atoms with E-state index in [0.29, 0.717) is 27.6 Å². The number of hydrogen-bond donors (Lipinski definition) is 1. The van der Waals surface area contributed by atoms with Crippen LogP contribution in [0.25, 0.3) is 0 Å². The molecule has 122 valence electrons. The Morgan fingerprint density at radius 2 is 2.09 bits per heavy atom. The average Bonchev–Trinajstić information content (AvgIpc) is 3.26. The first kappa shape index (κ1) is 16.5. The van der Waals surface area contributed by atoms with Crippen molar-refractivity contribution in [2.75, 3.05) is 11.1 Å². The predicted octanol–water partition coefficient (Wildman–Crippen LogP) is 3.66. The second kappa shape index (κ2) is 6.67. The number of rotatable bonds is 5. The molecule has 0 aromatic carbocycles. The Morgan fingerprint density at radius 1 is 1.35 bits per heavy atom. The third kappa shape index (κ3) is 3.79. The van der Waals surface area contributed by atoms with Gasteiger partial charge in [0.05, 0.1) is 21.5 Å². The van der Waals surface area contributed by atoms with E-state index in [4.69, 9.17) is 23.2 Å². The van der Waals surface area contributed by atoms with E-state index in [1.165, 1.54) is 11.8 Å². The molecule has 1 aliphatic carbocycles. The molecule has 2 aromatic rings. The highest BCUT2D eigenvalue weighted by molar-refractivity contribution is 7.99. The Bertz CT molecular complexity index is 760.